The molecule has 0 atom stereocenters. The molecule has 106 valence electrons. The van der Waals surface area contributed by atoms with Crippen molar-refractivity contribution in [1.82, 2.24) is 0 Å². The summed E-state index contributed by atoms with van der Waals surface area (Å²) in [5.41, 5.74) is 1.45. The lowest BCUT2D eigenvalue weighted by molar-refractivity contribution is 0.185. The lowest BCUT2D eigenvalue weighted by Gasteiger charge is -2.08. The van der Waals surface area contributed by atoms with Gasteiger partial charge < -0.3 is 4.74 Å². The summed E-state index contributed by atoms with van der Waals surface area (Å²) < 4.78 is 32.8. The third kappa shape index (κ3) is 3.82. The Hall–Kier alpha value is -1.37. The van der Waals surface area contributed by atoms with Crippen molar-refractivity contribution in [2.24, 2.45) is 0 Å². The first-order chi connectivity index (χ1) is 9.51. The number of benzene rings is 2. The summed E-state index contributed by atoms with van der Waals surface area (Å²) in [6, 6.07) is 13.5. The van der Waals surface area contributed by atoms with Crippen LogP contribution in [0, 0.1) is 0 Å². The van der Waals surface area contributed by atoms with Crippen LogP contribution in [0.4, 0.5) is 5.69 Å². The molecule has 1 N–H and O–H groups in total. The molecule has 2 aromatic rings. The van der Waals surface area contributed by atoms with Crippen molar-refractivity contribution in [3.8, 4) is 0 Å². The van der Waals surface area contributed by atoms with Crippen LogP contribution in [0.25, 0.3) is 0 Å². The second-order valence-electron chi connectivity index (χ2n) is 4.19. The van der Waals surface area contributed by atoms with E-state index in [1.807, 2.05) is 0 Å². The molecule has 0 spiro atoms. The van der Waals surface area contributed by atoms with Gasteiger partial charge in [-0.2, -0.15) is 0 Å². The first-order valence-electron chi connectivity index (χ1n) is 5.87. The SMILES string of the molecule is COCc1ccc(S(=O)(=O)Nc2ccc(Br)cc2)cc1. The van der Waals surface area contributed by atoms with Gasteiger partial charge in [-0.3, -0.25) is 4.72 Å². The fourth-order valence-electron chi connectivity index (χ4n) is 1.66. The lowest BCUT2D eigenvalue weighted by atomic mass is 10.2. The van der Waals surface area contributed by atoms with Crippen molar-refractivity contribution in [3.63, 3.8) is 0 Å². The zero-order valence-electron chi connectivity index (χ0n) is 10.8. The average molecular weight is 356 g/mol. The number of anilines is 1. The van der Waals surface area contributed by atoms with E-state index in [1.54, 1.807) is 55.6 Å². The molecule has 4 nitrogen and oxygen atoms in total. The quantitative estimate of drug-likeness (QED) is 0.894. The van der Waals surface area contributed by atoms with Crippen molar-refractivity contribution in [3.05, 3.63) is 58.6 Å². The summed E-state index contributed by atoms with van der Waals surface area (Å²) in [6.07, 6.45) is 0. The molecule has 0 aliphatic carbocycles. The molecule has 0 aliphatic rings. The van der Waals surface area contributed by atoms with Gasteiger partial charge >= 0.3 is 0 Å². The Morgan fingerprint density at radius 1 is 1.05 bits per heavy atom. The van der Waals surface area contributed by atoms with Gasteiger partial charge in [0.25, 0.3) is 10.0 Å². The molecular formula is C14H14BrNO3S. The first-order valence-corrected chi connectivity index (χ1v) is 8.15. The molecule has 0 saturated carbocycles. The van der Waals surface area contributed by atoms with Crippen LogP contribution in [0.1, 0.15) is 5.56 Å². The van der Waals surface area contributed by atoms with Crippen LogP contribution < -0.4 is 4.72 Å². The van der Waals surface area contributed by atoms with Crippen LogP contribution in [-0.2, 0) is 21.4 Å². The van der Waals surface area contributed by atoms with Crippen LogP contribution in [0.3, 0.4) is 0 Å². The van der Waals surface area contributed by atoms with Gasteiger partial charge in [-0.1, -0.05) is 28.1 Å². The van der Waals surface area contributed by atoms with E-state index in [-0.39, 0.29) is 4.90 Å². The maximum Gasteiger partial charge on any atom is 0.261 e. The van der Waals surface area contributed by atoms with Crippen molar-refractivity contribution in [2.75, 3.05) is 11.8 Å². The van der Waals surface area contributed by atoms with Gasteiger partial charge in [-0.15, -0.1) is 0 Å². The Balaban J connectivity index is 2.19. The minimum atomic E-state index is -3.56. The van der Waals surface area contributed by atoms with Crippen LogP contribution in [0.2, 0.25) is 0 Å². The summed E-state index contributed by atoms with van der Waals surface area (Å²) in [4.78, 5) is 0.222. The monoisotopic (exact) mass is 355 g/mol. The highest BCUT2D eigenvalue weighted by atomic mass is 79.9. The van der Waals surface area contributed by atoms with E-state index in [0.29, 0.717) is 12.3 Å². The summed E-state index contributed by atoms with van der Waals surface area (Å²) >= 11 is 3.30. The summed E-state index contributed by atoms with van der Waals surface area (Å²) in [5.74, 6) is 0. The van der Waals surface area contributed by atoms with E-state index in [9.17, 15) is 8.42 Å². The molecule has 0 fully saturated rings. The molecule has 0 amide bonds. The first kappa shape index (κ1) is 15.0. The zero-order valence-corrected chi connectivity index (χ0v) is 13.2. The van der Waals surface area contributed by atoms with E-state index >= 15 is 0 Å². The molecule has 0 radical (unpaired) electrons. The number of ether oxygens (including phenoxy) is 1. The summed E-state index contributed by atoms with van der Waals surface area (Å²) in [7, 11) is -1.97. The Labute approximate surface area is 127 Å². The van der Waals surface area contributed by atoms with Crippen LogP contribution in [0.15, 0.2) is 57.9 Å². The third-order valence-electron chi connectivity index (χ3n) is 2.64. The fourth-order valence-corrected chi connectivity index (χ4v) is 2.99. The number of nitrogens with one attached hydrogen (secondary N) is 1. The Morgan fingerprint density at radius 2 is 1.65 bits per heavy atom. The Morgan fingerprint density at radius 3 is 2.20 bits per heavy atom. The van der Waals surface area contributed by atoms with Gasteiger partial charge in [0.1, 0.15) is 0 Å². The van der Waals surface area contributed by atoms with Gasteiger partial charge in [-0.05, 0) is 42.0 Å². The second-order valence-corrected chi connectivity index (χ2v) is 6.79. The largest absolute Gasteiger partial charge is 0.380 e. The van der Waals surface area contributed by atoms with Crippen LogP contribution in [-0.4, -0.2) is 15.5 Å². The van der Waals surface area contributed by atoms with Crippen molar-refractivity contribution >= 4 is 31.6 Å². The molecule has 2 aromatic carbocycles. The average Bonchev–Trinajstić information content (AvgIpc) is 2.42. The Kier molecular flexibility index (Phi) is 4.80. The minimum absolute atomic E-state index is 0.222. The number of methoxy groups -OCH3 is 1. The smallest absolute Gasteiger partial charge is 0.261 e. The fraction of sp³-hybridized carbons (Fsp3) is 0.143. The van der Waals surface area contributed by atoms with Gasteiger partial charge in [0.15, 0.2) is 0 Å². The summed E-state index contributed by atoms with van der Waals surface area (Å²) in [5, 5.41) is 0. The molecular weight excluding hydrogens is 342 g/mol. The second kappa shape index (κ2) is 6.39. The number of halogens is 1. The number of sulfonamides is 1. The standard InChI is InChI=1S/C14H14BrNO3S/c1-19-10-11-2-8-14(9-3-11)20(17,18)16-13-6-4-12(15)5-7-13/h2-9,16H,10H2,1H3. The molecule has 0 aromatic heterocycles. The number of rotatable bonds is 5. The van der Waals surface area contributed by atoms with Crippen LogP contribution >= 0.6 is 15.9 Å². The van der Waals surface area contributed by atoms with E-state index in [2.05, 4.69) is 20.7 Å². The van der Waals surface area contributed by atoms with Gasteiger partial charge in [0.05, 0.1) is 11.5 Å². The van der Waals surface area contributed by atoms with Crippen molar-refractivity contribution in [1.29, 1.82) is 0 Å². The molecule has 6 heteroatoms. The molecule has 0 aliphatic heterocycles. The molecule has 0 bridgehead atoms. The van der Waals surface area contributed by atoms with E-state index in [1.165, 1.54) is 0 Å². The molecule has 20 heavy (non-hydrogen) atoms. The minimum Gasteiger partial charge on any atom is -0.380 e. The molecule has 0 saturated heterocycles. The predicted molar refractivity (Wildman–Crippen MR) is 82.1 cm³/mol. The predicted octanol–water partition coefficient (Wildman–Crippen LogP) is 3.40. The van der Waals surface area contributed by atoms with E-state index in [0.717, 1.165) is 10.0 Å². The maximum absolute atomic E-state index is 12.2. The Bertz CT molecular complexity index is 667. The normalized spacial score (nSPS) is 11.3. The van der Waals surface area contributed by atoms with E-state index < -0.39 is 10.0 Å². The van der Waals surface area contributed by atoms with Crippen molar-refractivity contribution in [2.45, 2.75) is 11.5 Å². The summed E-state index contributed by atoms with van der Waals surface area (Å²) in [6.45, 7) is 0.459. The van der Waals surface area contributed by atoms with Gasteiger partial charge in [0, 0.05) is 17.3 Å². The molecule has 0 heterocycles. The lowest BCUT2D eigenvalue weighted by Crippen LogP contribution is -2.12. The maximum atomic E-state index is 12.2. The van der Waals surface area contributed by atoms with E-state index in [4.69, 9.17) is 4.74 Å². The van der Waals surface area contributed by atoms with Gasteiger partial charge in [0.2, 0.25) is 0 Å². The highest BCUT2D eigenvalue weighted by Crippen LogP contribution is 2.19. The number of hydrogen-bond donors (Lipinski definition) is 1. The topological polar surface area (TPSA) is 55.4 Å². The zero-order chi connectivity index (χ0) is 14.6. The molecule has 2 rings (SSSR count). The number of hydrogen-bond acceptors (Lipinski definition) is 3. The van der Waals surface area contributed by atoms with Crippen LogP contribution in [0.5, 0.6) is 0 Å². The molecule has 0 unspecified atom stereocenters. The highest BCUT2D eigenvalue weighted by molar-refractivity contribution is 9.10. The van der Waals surface area contributed by atoms with Gasteiger partial charge in [-0.25, -0.2) is 8.42 Å². The third-order valence-corrected chi connectivity index (χ3v) is 4.57. The van der Waals surface area contributed by atoms with Crippen molar-refractivity contribution < 1.29 is 13.2 Å². The highest BCUT2D eigenvalue weighted by Gasteiger charge is 2.13.